The van der Waals surface area contributed by atoms with Gasteiger partial charge in [-0.1, -0.05) is 149 Å². The summed E-state index contributed by atoms with van der Waals surface area (Å²) in [5, 5.41) is 14.8. The van der Waals surface area contributed by atoms with Gasteiger partial charge in [-0.3, -0.25) is 0 Å². The summed E-state index contributed by atoms with van der Waals surface area (Å²) in [5.74, 6) is 0. The van der Waals surface area contributed by atoms with Crippen molar-refractivity contribution in [2.24, 2.45) is 0 Å². The molecule has 4 aromatic heterocycles. The van der Waals surface area contributed by atoms with Gasteiger partial charge in [-0.25, -0.2) is 0 Å². The minimum absolute atomic E-state index is 0. The molecule has 4 heterocycles. The van der Waals surface area contributed by atoms with Crippen molar-refractivity contribution in [3.05, 3.63) is 162 Å². The van der Waals surface area contributed by atoms with Crippen molar-refractivity contribution < 1.29 is 24.5 Å². The van der Waals surface area contributed by atoms with Crippen molar-refractivity contribution in [3.8, 4) is 34.3 Å². The zero-order valence-electron chi connectivity index (χ0n) is 38.6. The molecule has 0 aliphatic carbocycles. The zero-order chi connectivity index (χ0) is 44.4. The van der Waals surface area contributed by atoms with Crippen LogP contribution in [0.2, 0.25) is 0 Å². The molecule has 0 N–H and O–H groups in total. The van der Waals surface area contributed by atoms with Crippen LogP contribution >= 0.6 is 0 Å². The maximum absolute atomic E-state index is 10.6. The van der Waals surface area contributed by atoms with E-state index in [1.54, 1.807) is 0 Å². The quantitative estimate of drug-likeness (QED) is 0.165. The summed E-state index contributed by atoms with van der Waals surface area (Å²) >= 11 is 0. The van der Waals surface area contributed by atoms with Gasteiger partial charge in [0.05, 0.1) is 22.2 Å². The maximum atomic E-state index is 10.6. The number of nitrogens with zero attached hydrogens (tertiary/aromatic N) is 4. The standard InChI is InChI=1S/C42H40N3O.C15H16N.Ir/c1-40(2,3)26-14-18-29-30-19-15-27(41(4,5)6)22-36(30)45(35(29)21-26)37-25(23-43)13-17-32-31-11-10-12-33(38(31)46-39(32)37)34-20-16-28(24-44-34)42(7,8)9;1-15(2,3)13-9-10-14(16-11-13)12-7-5-4-6-8-12;/h10-11,13-22,24H,1-9H3;4-7,9-11H,1-3H3;/q2*-1;. The van der Waals surface area contributed by atoms with Gasteiger partial charge < -0.3 is 19.0 Å². The second-order valence-electron chi connectivity index (χ2n) is 20.6. The Morgan fingerprint density at radius 1 is 0.524 bits per heavy atom. The Morgan fingerprint density at radius 2 is 1.03 bits per heavy atom. The Kier molecular flexibility index (Phi) is 12.0. The van der Waals surface area contributed by atoms with Crippen LogP contribution < -0.4 is 0 Å². The molecule has 9 aromatic rings. The van der Waals surface area contributed by atoms with Crippen LogP contribution in [0.15, 0.2) is 126 Å². The van der Waals surface area contributed by atoms with E-state index in [1.807, 2.05) is 60.9 Å². The molecule has 9 rings (SSSR count). The van der Waals surface area contributed by atoms with Crippen LogP contribution in [-0.2, 0) is 41.8 Å². The van der Waals surface area contributed by atoms with Crippen LogP contribution in [0, 0.1) is 23.5 Å². The van der Waals surface area contributed by atoms with E-state index in [-0.39, 0.29) is 41.8 Å². The van der Waals surface area contributed by atoms with E-state index in [2.05, 4.69) is 172 Å². The second-order valence-corrected chi connectivity index (χ2v) is 20.6. The number of benzene rings is 5. The number of aromatic nitrogens is 3. The fraction of sp³-hybridized carbons (Fsp3) is 0.281. The summed E-state index contributed by atoms with van der Waals surface area (Å²) in [4.78, 5) is 9.32. The number of fused-ring (bicyclic) bond motifs is 6. The molecule has 321 valence electrons. The zero-order valence-corrected chi connectivity index (χ0v) is 41.0. The summed E-state index contributed by atoms with van der Waals surface area (Å²) in [6.07, 6.45) is 3.90. The first-order valence-electron chi connectivity index (χ1n) is 21.5. The normalized spacial score (nSPS) is 12.3. The molecule has 0 spiro atoms. The van der Waals surface area contributed by atoms with E-state index in [9.17, 15) is 5.26 Å². The fourth-order valence-corrected chi connectivity index (χ4v) is 8.02. The number of hydrogen-bond acceptors (Lipinski definition) is 4. The minimum atomic E-state index is -0.0459. The molecule has 0 aliphatic rings. The molecule has 0 amide bonds. The van der Waals surface area contributed by atoms with Crippen LogP contribution in [-0.4, -0.2) is 14.5 Å². The van der Waals surface area contributed by atoms with Crippen molar-refractivity contribution in [2.75, 3.05) is 0 Å². The molecule has 5 nitrogen and oxygen atoms in total. The third-order valence-corrected chi connectivity index (χ3v) is 11.9. The van der Waals surface area contributed by atoms with Crippen molar-refractivity contribution in [1.82, 2.24) is 14.5 Å². The van der Waals surface area contributed by atoms with E-state index < -0.39 is 0 Å². The Balaban J connectivity index is 0.000000295. The number of pyridine rings is 2. The Morgan fingerprint density at radius 3 is 1.51 bits per heavy atom. The van der Waals surface area contributed by atoms with Crippen molar-refractivity contribution in [1.29, 1.82) is 5.26 Å². The van der Waals surface area contributed by atoms with E-state index in [0.717, 1.165) is 66.4 Å². The van der Waals surface area contributed by atoms with Crippen LogP contribution in [0.4, 0.5) is 0 Å². The van der Waals surface area contributed by atoms with Crippen molar-refractivity contribution in [2.45, 2.75) is 105 Å². The smallest absolute Gasteiger partial charge is 0.146 e. The van der Waals surface area contributed by atoms with Gasteiger partial charge in [-0.05, 0) is 73.5 Å². The predicted molar refractivity (Wildman–Crippen MR) is 258 cm³/mol. The van der Waals surface area contributed by atoms with Crippen LogP contribution in [0.1, 0.15) is 111 Å². The topological polar surface area (TPSA) is 67.6 Å². The third-order valence-electron chi connectivity index (χ3n) is 11.9. The molecule has 0 saturated carbocycles. The summed E-state index contributed by atoms with van der Waals surface area (Å²) < 4.78 is 9.14. The summed E-state index contributed by atoms with van der Waals surface area (Å²) in [6.45, 7) is 26.6. The van der Waals surface area contributed by atoms with E-state index in [1.165, 1.54) is 22.3 Å². The molecule has 5 aromatic carbocycles. The molecule has 0 saturated heterocycles. The Labute approximate surface area is 386 Å². The van der Waals surface area contributed by atoms with E-state index in [0.29, 0.717) is 11.1 Å². The van der Waals surface area contributed by atoms with Crippen LogP contribution in [0.3, 0.4) is 0 Å². The number of furan rings is 1. The summed E-state index contributed by atoms with van der Waals surface area (Å²) in [6, 6.07) is 46.8. The first kappa shape index (κ1) is 45.2. The first-order valence-corrected chi connectivity index (χ1v) is 21.5. The SMILES string of the molecule is CC(C)(C)c1ccc(-c2[c-]ccc3c2oc2c(-n4c5cc(C(C)(C)C)ccc5c5ccc(C(C)(C)C)cc54)c(C#N)ccc23)nc1.CC(C)(C)c1ccc(-c2[c-]cccc2)nc1.[Ir]. The van der Waals surface area contributed by atoms with Crippen molar-refractivity contribution in [3.63, 3.8) is 0 Å². The van der Waals surface area contributed by atoms with Gasteiger partial charge in [0, 0.05) is 48.7 Å². The molecule has 0 aliphatic heterocycles. The summed E-state index contributed by atoms with van der Waals surface area (Å²) in [7, 11) is 0. The van der Waals surface area contributed by atoms with Gasteiger partial charge >= 0.3 is 0 Å². The second kappa shape index (κ2) is 16.7. The van der Waals surface area contributed by atoms with Crippen LogP contribution in [0.5, 0.6) is 0 Å². The molecule has 63 heavy (non-hydrogen) atoms. The van der Waals surface area contributed by atoms with E-state index in [4.69, 9.17) is 9.40 Å². The van der Waals surface area contributed by atoms with Gasteiger partial charge in [0.25, 0.3) is 0 Å². The Hall–Kier alpha value is -5.86. The van der Waals surface area contributed by atoms with Crippen LogP contribution in [0.25, 0.3) is 71.9 Å². The average Bonchev–Trinajstić information content (AvgIpc) is 3.78. The molecule has 6 heteroatoms. The molecule has 1 radical (unpaired) electrons. The minimum Gasteiger partial charge on any atom is -0.498 e. The fourth-order valence-electron chi connectivity index (χ4n) is 8.02. The van der Waals surface area contributed by atoms with Gasteiger partial charge in [-0.15, -0.1) is 54.1 Å². The average molecular weight is 1010 g/mol. The monoisotopic (exact) mass is 1010 g/mol. The van der Waals surface area contributed by atoms with Gasteiger partial charge in [0.1, 0.15) is 17.3 Å². The molecule has 0 atom stereocenters. The Bertz CT molecular complexity index is 3070. The molecular formula is C57H56IrN4O-2. The third kappa shape index (κ3) is 8.75. The van der Waals surface area contributed by atoms with Gasteiger partial charge in [-0.2, -0.15) is 5.26 Å². The largest absolute Gasteiger partial charge is 0.498 e. The van der Waals surface area contributed by atoms with Gasteiger partial charge in [0.2, 0.25) is 0 Å². The molecule has 0 fully saturated rings. The molecule has 0 bridgehead atoms. The first-order chi connectivity index (χ1) is 29.2. The summed E-state index contributed by atoms with van der Waals surface area (Å²) in [5.41, 5.74) is 13.4. The molecule has 0 unspecified atom stereocenters. The predicted octanol–water partition coefficient (Wildman–Crippen LogP) is 15.2. The van der Waals surface area contributed by atoms with E-state index >= 15 is 0 Å². The van der Waals surface area contributed by atoms with Crippen molar-refractivity contribution >= 4 is 43.7 Å². The number of rotatable bonds is 3. The maximum Gasteiger partial charge on any atom is 0.146 e. The number of hydrogen-bond donors (Lipinski definition) is 0. The van der Waals surface area contributed by atoms with Gasteiger partial charge in [0.15, 0.2) is 0 Å². The number of nitriles is 1. The molecular weight excluding hydrogens is 949 g/mol.